The van der Waals surface area contributed by atoms with Crippen molar-refractivity contribution in [1.82, 2.24) is 0 Å². The van der Waals surface area contributed by atoms with E-state index in [1.807, 2.05) is 24.3 Å². The van der Waals surface area contributed by atoms with Crippen LogP contribution in [0.15, 0.2) is 24.3 Å². The van der Waals surface area contributed by atoms with E-state index in [-0.39, 0.29) is 17.7 Å². The van der Waals surface area contributed by atoms with Crippen LogP contribution in [-0.4, -0.2) is 32.1 Å². The maximum absolute atomic E-state index is 12.7. The van der Waals surface area contributed by atoms with Crippen molar-refractivity contribution < 1.29 is 14.3 Å². The summed E-state index contributed by atoms with van der Waals surface area (Å²) in [6.07, 6.45) is 4.02. The van der Waals surface area contributed by atoms with Crippen molar-refractivity contribution in [2.24, 2.45) is 11.7 Å². The molecule has 0 saturated heterocycles. The summed E-state index contributed by atoms with van der Waals surface area (Å²) in [4.78, 5) is 12.7. The molecule has 0 heterocycles. The summed E-state index contributed by atoms with van der Waals surface area (Å²) in [5.74, 6) is 0.675. The Hall–Kier alpha value is -1.39. The number of para-hydroxylation sites is 1. The van der Waals surface area contributed by atoms with Crippen LogP contribution in [0.5, 0.6) is 5.75 Å². The Labute approximate surface area is 120 Å². The highest BCUT2D eigenvalue weighted by molar-refractivity contribution is 6.00. The molecule has 0 bridgehead atoms. The molecular formula is C16H23NO3. The van der Waals surface area contributed by atoms with Crippen molar-refractivity contribution in [2.75, 3.05) is 20.3 Å². The monoisotopic (exact) mass is 277 g/mol. The Kier molecular flexibility index (Phi) is 5.56. The highest BCUT2D eigenvalue weighted by atomic mass is 16.5. The highest BCUT2D eigenvalue weighted by Gasteiger charge is 2.30. The Bertz CT molecular complexity index is 447. The normalized spacial score (nSPS) is 22.5. The molecule has 1 fully saturated rings. The van der Waals surface area contributed by atoms with Gasteiger partial charge >= 0.3 is 0 Å². The van der Waals surface area contributed by atoms with E-state index in [9.17, 15) is 4.79 Å². The minimum atomic E-state index is -0.0732. The molecule has 2 atom stereocenters. The number of carbonyl (C=O) groups is 1. The summed E-state index contributed by atoms with van der Waals surface area (Å²) < 4.78 is 10.6. The number of methoxy groups -OCH3 is 1. The van der Waals surface area contributed by atoms with Gasteiger partial charge in [-0.2, -0.15) is 0 Å². The third-order valence-corrected chi connectivity index (χ3v) is 3.85. The Balaban J connectivity index is 2.12. The minimum absolute atomic E-state index is 0.0247. The lowest BCUT2D eigenvalue weighted by Crippen LogP contribution is -2.38. The van der Waals surface area contributed by atoms with E-state index in [1.165, 1.54) is 0 Å². The van der Waals surface area contributed by atoms with Crippen molar-refractivity contribution in [3.63, 3.8) is 0 Å². The molecule has 0 amide bonds. The smallest absolute Gasteiger partial charge is 0.171 e. The summed E-state index contributed by atoms with van der Waals surface area (Å²) in [5, 5.41) is 0. The van der Waals surface area contributed by atoms with Crippen LogP contribution in [0.1, 0.15) is 36.0 Å². The van der Waals surface area contributed by atoms with E-state index >= 15 is 0 Å². The third-order valence-electron chi connectivity index (χ3n) is 3.85. The van der Waals surface area contributed by atoms with Crippen LogP contribution in [-0.2, 0) is 4.74 Å². The fraction of sp³-hybridized carbons (Fsp3) is 0.562. The van der Waals surface area contributed by atoms with Gasteiger partial charge in [-0.3, -0.25) is 4.79 Å². The Morgan fingerprint density at radius 1 is 1.25 bits per heavy atom. The van der Waals surface area contributed by atoms with Crippen LogP contribution in [0.4, 0.5) is 0 Å². The van der Waals surface area contributed by atoms with E-state index in [0.717, 1.165) is 25.7 Å². The molecular weight excluding hydrogens is 254 g/mol. The van der Waals surface area contributed by atoms with Crippen molar-refractivity contribution in [3.05, 3.63) is 29.8 Å². The standard InChI is InChI=1S/C16H23NO3/c1-19-10-11-20-15-9-5-3-7-13(15)16(18)12-6-2-4-8-14(12)17/h3,5,7,9,12,14H,2,4,6,8,10-11,17H2,1H3. The number of hydrogen-bond donors (Lipinski definition) is 1. The summed E-state index contributed by atoms with van der Waals surface area (Å²) in [5.41, 5.74) is 6.75. The first-order chi connectivity index (χ1) is 9.74. The summed E-state index contributed by atoms with van der Waals surface area (Å²) in [6, 6.07) is 7.37. The maximum atomic E-state index is 12.7. The fourth-order valence-electron chi connectivity index (χ4n) is 2.72. The molecule has 1 aliphatic rings. The predicted octanol–water partition coefficient (Wildman–Crippen LogP) is 2.41. The summed E-state index contributed by atoms with van der Waals surface area (Å²) in [7, 11) is 1.63. The lowest BCUT2D eigenvalue weighted by atomic mass is 9.80. The van der Waals surface area contributed by atoms with Gasteiger partial charge in [0.2, 0.25) is 0 Å². The van der Waals surface area contributed by atoms with Crippen LogP contribution >= 0.6 is 0 Å². The quantitative estimate of drug-likeness (QED) is 0.640. The number of Topliss-reactive ketones (excluding diaryl/α,β-unsaturated/α-hetero) is 1. The van der Waals surface area contributed by atoms with Crippen LogP contribution in [0, 0.1) is 5.92 Å². The van der Waals surface area contributed by atoms with Crippen molar-refractivity contribution >= 4 is 5.78 Å². The largest absolute Gasteiger partial charge is 0.490 e. The molecule has 1 saturated carbocycles. The second kappa shape index (κ2) is 7.41. The number of benzene rings is 1. The number of carbonyl (C=O) groups excluding carboxylic acids is 1. The molecule has 4 heteroatoms. The van der Waals surface area contributed by atoms with E-state index in [2.05, 4.69) is 0 Å². The molecule has 4 nitrogen and oxygen atoms in total. The van der Waals surface area contributed by atoms with Gasteiger partial charge in [-0.05, 0) is 25.0 Å². The molecule has 0 radical (unpaired) electrons. The van der Waals surface area contributed by atoms with Crippen molar-refractivity contribution in [2.45, 2.75) is 31.7 Å². The van der Waals surface area contributed by atoms with E-state index in [4.69, 9.17) is 15.2 Å². The van der Waals surface area contributed by atoms with Gasteiger partial charge < -0.3 is 15.2 Å². The third kappa shape index (κ3) is 3.58. The molecule has 1 aromatic rings. The first kappa shape index (κ1) is 15.0. The van der Waals surface area contributed by atoms with Crippen LogP contribution in [0.3, 0.4) is 0 Å². The van der Waals surface area contributed by atoms with E-state index in [1.54, 1.807) is 7.11 Å². The van der Waals surface area contributed by atoms with Crippen molar-refractivity contribution in [1.29, 1.82) is 0 Å². The van der Waals surface area contributed by atoms with Crippen LogP contribution in [0.25, 0.3) is 0 Å². The SMILES string of the molecule is COCCOc1ccccc1C(=O)C1CCCCC1N. The Morgan fingerprint density at radius 3 is 2.75 bits per heavy atom. The number of hydrogen-bond acceptors (Lipinski definition) is 4. The summed E-state index contributed by atoms with van der Waals surface area (Å²) in [6.45, 7) is 0.947. The zero-order valence-corrected chi connectivity index (χ0v) is 12.0. The average molecular weight is 277 g/mol. The summed E-state index contributed by atoms with van der Waals surface area (Å²) >= 11 is 0. The second-order valence-electron chi connectivity index (χ2n) is 5.26. The van der Waals surface area contributed by atoms with Gasteiger partial charge in [-0.25, -0.2) is 0 Å². The number of nitrogens with two attached hydrogens (primary N) is 1. The van der Waals surface area contributed by atoms with Gasteiger partial charge in [-0.15, -0.1) is 0 Å². The average Bonchev–Trinajstić information content (AvgIpc) is 2.48. The molecule has 0 aliphatic heterocycles. The van der Waals surface area contributed by atoms with Gasteiger partial charge in [0.1, 0.15) is 12.4 Å². The molecule has 0 spiro atoms. The zero-order valence-electron chi connectivity index (χ0n) is 12.0. The molecule has 2 N–H and O–H groups in total. The topological polar surface area (TPSA) is 61.5 Å². The molecule has 110 valence electrons. The number of rotatable bonds is 6. The first-order valence-electron chi connectivity index (χ1n) is 7.24. The maximum Gasteiger partial charge on any atom is 0.171 e. The second-order valence-corrected chi connectivity index (χ2v) is 5.26. The van der Waals surface area contributed by atoms with Gasteiger partial charge in [0.05, 0.1) is 12.2 Å². The predicted molar refractivity (Wildman–Crippen MR) is 78.1 cm³/mol. The van der Waals surface area contributed by atoms with Gasteiger partial charge in [-0.1, -0.05) is 25.0 Å². The van der Waals surface area contributed by atoms with Crippen LogP contribution in [0.2, 0.25) is 0 Å². The first-order valence-corrected chi connectivity index (χ1v) is 7.24. The van der Waals surface area contributed by atoms with Gasteiger partial charge in [0.15, 0.2) is 5.78 Å². The van der Waals surface area contributed by atoms with E-state index in [0.29, 0.717) is 24.5 Å². The lowest BCUT2D eigenvalue weighted by molar-refractivity contribution is 0.0863. The lowest BCUT2D eigenvalue weighted by Gasteiger charge is -2.27. The van der Waals surface area contributed by atoms with Crippen molar-refractivity contribution in [3.8, 4) is 5.75 Å². The number of ether oxygens (including phenoxy) is 2. The Morgan fingerprint density at radius 2 is 2.00 bits per heavy atom. The van der Waals surface area contributed by atoms with Crippen LogP contribution < -0.4 is 10.5 Å². The van der Waals surface area contributed by atoms with Gasteiger partial charge in [0, 0.05) is 19.1 Å². The zero-order chi connectivity index (χ0) is 14.4. The molecule has 1 aliphatic carbocycles. The minimum Gasteiger partial charge on any atom is -0.490 e. The van der Waals surface area contributed by atoms with E-state index < -0.39 is 0 Å². The molecule has 2 rings (SSSR count). The number of ketones is 1. The fourth-order valence-corrected chi connectivity index (χ4v) is 2.72. The van der Waals surface area contributed by atoms with Gasteiger partial charge in [0.25, 0.3) is 0 Å². The molecule has 2 unspecified atom stereocenters. The molecule has 0 aromatic heterocycles. The highest BCUT2D eigenvalue weighted by Crippen LogP contribution is 2.29. The molecule has 1 aromatic carbocycles. The molecule has 20 heavy (non-hydrogen) atoms.